The fourth-order valence-electron chi connectivity index (χ4n) is 3.11. The number of halogens is 1. The van der Waals surface area contributed by atoms with Crippen molar-refractivity contribution < 1.29 is 4.79 Å². The van der Waals surface area contributed by atoms with Gasteiger partial charge in [0.25, 0.3) is 5.91 Å². The summed E-state index contributed by atoms with van der Waals surface area (Å²) in [5, 5.41) is 0. The van der Waals surface area contributed by atoms with Gasteiger partial charge in [0.2, 0.25) is 0 Å². The number of rotatable bonds is 2. The number of aryl methyl sites for hydroxylation is 2. The van der Waals surface area contributed by atoms with Crippen LogP contribution in [0.3, 0.4) is 0 Å². The SMILES string of the molecule is Cc1ccccc1C(=O)N1CCN(c2ccc(Br)cc2C)CC1. The van der Waals surface area contributed by atoms with Crippen LogP contribution in [0.1, 0.15) is 21.5 Å². The highest BCUT2D eigenvalue weighted by molar-refractivity contribution is 9.10. The minimum absolute atomic E-state index is 0.148. The number of anilines is 1. The average molecular weight is 373 g/mol. The van der Waals surface area contributed by atoms with Crippen molar-refractivity contribution in [1.29, 1.82) is 0 Å². The van der Waals surface area contributed by atoms with Gasteiger partial charge in [-0.15, -0.1) is 0 Å². The second kappa shape index (κ2) is 6.75. The molecule has 3 nitrogen and oxygen atoms in total. The molecule has 0 saturated carbocycles. The topological polar surface area (TPSA) is 23.6 Å². The summed E-state index contributed by atoms with van der Waals surface area (Å²) in [5.41, 5.74) is 4.39. The molecule has 4 heteroatoms. The van der Waals surface area contributed by atoms with Crippen LogP contribution in [0.4, 0.5) is 5.69 Å². The predicted octanol–water partition coefficient (Wildman–Crippen LogP) is 4.03. The molecule has 1 amide bonds. The molecule has 1 aliphatic rings. The van der Waals surface area contributed by atoms with E-state index in [-0.39, 0.29) is 5.91 Å². The van der Waals surface area contributed by atoms with E-state index in [4.69, 9.17) is 0 Å². The molecule has 3 rings (SSSR count). The van der Waals surface area contributed by atoms with Gasteiger partial charge in [0.15, 0.2) is 0 Å². The van der Waals surface area contributed by atoms with E-state index in [9.17, 15) is 4.79 Å². The van der Waals surface area contributed by atoms with Gasteiger partial charge in [-0.2, -0.15) is 0 Å². The highest BCUT2D eigenvalue weighted by atomic mass is 79.9. The van der Waals surface area contributed by atoms with Gasteiger partial charge in [-0.05, 0) is 49.2 Å². The summed E-state index contributed by atoms with van der Waals surface area (Å²) in [6.07, 6.45) is 0. The van der Waals surface area contributed by atoms with Gasteiger partial charge in [0, 0.05) is 41.9 Å². The molecule has 0 radical (unpaired) electrons. The first-order chi connectivity index (χ1) is 11.1. The van der Waals surface area contributed by atoms with E-state index in [0.29, 0.717) is 0 Å². The molecule has 1 fully saturated rings. The maximum Gasteiger partial charge on any atom is 0.254 e. The number of hydrogen-bond acceptors (Lipinski definition) is 2. The molecule has 0 atom stereocenters. The number of amides is 1. The second-order valence-corrected chi connectivity index (χ2v) is 6.94. The lowest BCUT2D eigenvalue weighted by Gasteiger charge is -2.37. The van der Waals surface area contributed by atoms with E-state index in [2.05, 4.69) is 46.0 Å². The highest BCUT2D eigenvalue weighted by Crippen LogP contribution is 2.25. The third-order valence-corrected chi connectivity index (χ3v) is 4.94. The summed E-state index contributed by atoms with van der Waals surface area (Å²) in [7, 11) is 0. The number of carbonyl (C=O) groups excluding carboxylic acids is 1. The number of hydrogen-bond donors (Lipinski definition) is 0. The number of piperazine rings is 1. The Morgan fingerprint density at radius 2 is 1.65 bits per heavy atom. The predicted molar refractivity (Wildman–Crippen MR) is 98.2 cm³/mol. The lowest BCUT2D eigenvalue weighted by atomic mass is 10.1. The molecule has 2 aromatic carbocycles. The van der Waals surface area contributed by atoms with E-state index in [0.717, 1.165) is 41.8 Å². The lowest BCUT2D eigenvalue weighted by molar-refractivity contribution is 0.0746. The summed E-state index contributed by atoms with van der Waals surface area (Å²) >= 11 is 3.51. The van der Waals surface area contributed by atoms with Crippen LogP contribution < -0.4 is 4.90 Å². The Kier molecular flexibility index (Phi) is 4.71. The molecule has 0 N–H and O–H groups in total. The highest BCUT2D eigenvalue weighted by Gasteiger charge is 2.23. The molecule has 1 saturated heterocycles. The first kappa shape index (κ1) is 16.1. The molecule has 0 spiro atoms. The molecular weight excluding hydrogens is 352 g/mol. The van der Waals surface area contributed by atoms with Gasteiger partial charge in [-0.25, -0.2) is 0 Å². The molecule has 2 aromatic rings. The standard InChI is InChI=1S/C19H21BrN2O/c1-14-5-3-4-6-17(14)19(23)22-11-9-21(10-12-22)18-8-7-16(20)13-15(18)2/h3-8,13H,9-12H2,1-2H3. The van der Waals surface area contributed by atoms with Gasteiger partial charge >= 0.3 is 0 Å². The first-order valence-electron chi connectivity index (χ1n) is 7.92. The Labute approximate surface area is 146 Å². The average Bonchev–Trinajstić information content (AvgIpc) is 2.55. The Hall–Kier alpha value is -1.81. The monoisotopic (exact) mass is 372 g/mol. The van der Waals surface area contributed by atoms with Crippen LogP contribution >= 0.6 is 15.9 Å². The quantitative estimate of drug-likeness (QED) is 0.794. The third-order valence-electron chi connectivity index (χ3n) is 4.44. The molecule has 23 heavy (non-hydrogen) atoms. The molecular formula is C19H21BrN2O. The summed E-state index contributed by atoms with van der Waals surface area (Å²) in [5.74, 6) is 0.148. The minimum Gasteiger partial charge on any atom is -0.368 e. The Bertz CT molecular complexity index is 721. The summed E-state index contributed by atoms with van der Waals surface area (Å²) in [6.45, 7) is 7.41. The van der Waals surface area contributed by atoms with Crippen LogP contribution in [-0.4, -0.2) is 37.0 Å². The van der Waals surface area contributed by atoms with Crippen molar-refractivity contribution in [3.05, 3.63) is 63.6 Å². The maximum atomic E-state index is 12.7. The van der Waals surface area contributed by atoms with Gasteiger partial charge in [-0.1, -0.05) is 34.1 Å². The Balaban J connectivity index is 1.69. The number of nitrogens with zero attached hydrogens (tertiary/aromatic N) is 2. The molecule has 1 heterocycles. The van der Waals surface area contributed by atoms with E-state index in [1.165, 1.54) is 11.3 Å². The summed E-state index contributed by atoms with van der Waals surface area (Å²) in [6, 6.07) is 14.2. The van der Waals surface area contributed by atoms with Crippen LogP contribution in [0, 0.1) is 13.8 Å². The zero-order chi connectivity index (χ0) is 16.4. The fourth-order valence-corrected chi connectivity index (χ4v) is 3.58. The molecule has 1 aliphatic heterocycles. The summed E-state index contributed by atoms with van der Waals surface area (Å²) in [4.78, 5) is 17.0. The number of benzene rings is 2. The lowest BCUT2D eigenvalue weighted by Crippen LogP contribution is -2.49. The van der Waals surface area contributed by atoms with E-state index < -0.39 is 0 Å². The molecule has 0 aromatic heterocycles. The van der Waals surface area contributed by atoms with E-state index in [1.54, 1.807) is 0 Å². The third kappa shape index (κ3) is 3.42. The molecule has 0 aliphatic carbocycles. The maximum absolute atomic E-state index is 12.7. The van der Waals surface area contributed by atoms with Crippen molar-refractivity contribution in [2.24, 2.45) is 0 Å². The zero-order valence-corrected chi connectivity index (χ0v) is 15.1. The van der Waals surface area contributed by atoms with Crippen molar-refractivity contribution in [3.63, 3.8) is 0 Å². The second-order valence-electron chi connectivity index (χ2n) is 6.02. The smallest absolute Gasteiger partial charge is 0.254 e. The zero-order valence-electron chi connectivity index (χ0n) is 13.6. The van der Waals surface area contributed by atoms with E-state index >= 15 is 0 Å². The molecule has 0 bridgehead atoms. The Morgan fingerprint density at radius 1 is 0.957 bits per heavy atom. The Morgan fingerprint density at radius 3 is 2.30 bits per heavy atom. The van der Waals surface area contributed by atoms with Crippen LogP contribution in [0.2, 0.25) is 0 Å². The van der Waals surface area contributed by atoms with Crippen molar-refractivity contribution in [1.82, 2.24) is 4.90 Å². The van der Waals surface area contributed by atoms with Gasteiger partial charge in [-0.3, -0.25) is 4.79 Å². The fraction of sp³-hybridized carbons (Fsp3) is 0.316. The van der Waals surface area contributed by atoms with E-state index in [1.807, 2.05) is 36.1 Å². The largest absolute Gasteiger partial charge is 0.368 e. The molecule has 0 unspecified atom stereocenters. The van der Waals surface area contributed by atoms with Crippen LogP contribution in [-0.2, 0) is 0 Å². The first-order valence-corrected chi connectivity index (χ1v) is 8.71. The van der Waals surface area contributed by atoms with Crippen molar-refractivity contribution in [2.75, 3.05) is 31.1 Å². The van der Waals surface area contributed by atoms with Gasteiger partial charge in [0.1, 0.15) is 0 Å². The van der Waals surface area contributed by atoms with Gasteiger partial charge < -0.3 is 9.80 Å². The van der Waals surface area contributed by atoms with Crippen LogP contribution in [0.25, 0.3) is 0 Å². The van der Waals surface area contributed by atoms with Crippen molar-refractivity contribution in [3.8, 4) is 0 Å². The van der Waals surface area contributed by atoms with Crippen molar-refractivity contribution >= 4 is 27.5 Å². The minimum atomic E-state index is 0.148. The van der Waals surface area contributed by atoms with Crippen molar-refractivity contribution in [2.45, 2.75) is 13.8 Å². The number of carbonyl (C=O) groups is 1. The van der Waals surface area contributed by atoms with Crippen LogP contribution in [0.5, 0.6) is 0 Å². The normalized spacial score (nSPS) is 14.9. The van der Waals surface area contributed by atoms with Gasteiger partial charge in [0.05, 0.1) is 0 Å². The summed E-state index contributed by atoms with van der Waals surface area (Å²) < 4.78 is 1.10. The molecule has 120 valence electrons. The van der Waals surface area contributed by atoms with Crippen LogP contribution in [0.15, 0.2) is 46.9 Å².